The number of fused-ring (bicyclic) bond motifs is 1. The van der Waals surface area contributed by atoms with Crippen LogP contribution in [0.4, 0.5) is 11.4 Å². The van der Waals surface area contributed by atoms with Crippen molar-refractivity contribution >= 4 is 22.3 Å². The molecule has 0 aliphatic heterocycles. The van der Waals surface area contributed by atoms with Crippen molar-refractivity contribution in [1.82, 2.24) is 4.98 Å². The molecule has 0 aliphatic carbocycles. The van der Waals surface area contributed by atoms with Gasteiger partial charge in [-0.25, -0.2) is 0 Å². The number of benzene rings is 2. The van der Waals surface area contributed by atoms with Crippen LogP contribution in [0.2, 0.25) is 0 Å². The molecule has 0 amide bonds. The predicted molar refractivity (Wildman–Crippen MR) is 69.7 cm³/mol. The molecule has 0 bridgehead atoms. The van der Waals surface area contributed by atoms with Gasteiger partial charge in [-0.3, -0.25) is 0 Å². The van der Waals surface area contributed by atoms with Gasteiger partial charge >= 0.3 is 0 Å². The molecule has 0 radical (unpaired) electrons. The molecule has 0 saturated heterocycles. The van der Waals surface area contributed by atoms with Crippen molar-refractivity contribution in [2.24, 2.45) is 0 Å². The second kappa shape index (κ2) is 3.87. The summed E-state index contributed by atoms with van der Waals surface area (Å²) >= 11 is 0. The van der Waals surface area contributed by atoms with E-state index in [4.69, 9.17) is 0 Å². The molecule has 3 heteroatoms. The van der Waals surface area contributed by atoms with Crippen LogP contribution in [-0.4, -0.2) is 10.1 Å². The average Bonchev–Trinajstić information content (AvgIpc) is 2.76. The maximum Gasteiger partial charge on any atom is 0.117 e. The first-order valence-corrected chi connectivity index (χ1v) is 5.44. The van der Waals surface area contributed by atoms with Crippen molar-refractivity contribution in [2.75, 3.05) is 5.32 Å². The number of hydrogen-bond donors (Lipinski definition) is 3. The first-order valence-electron chi connectivity index (χ1n) is 5.44. The van der Waals surface area contributed by atoms with Crippen LogP contribution in [0.15, 0.2) is 54.7 Å². The Morgan fingerprint density at radius 2 is 1.82 bits per heavy atom. The van der Waals surface area contributed by atoms with E-state index in [9.17, 15) is 5.11 Å². The maximum absolute atomic E-state index is 9.38. The maximum atomic E-state index is 9.38. The molecule has 2 aromatic carbocycles. The van der Waals surface area contributed by atoms with E-state index < -0.39 is 0 Å². The Kier molecular flexibility index (Phi) is 2.22. The van der Waals surface area contributed by atoms with Gasteiger partial charge in [0.25, 0.3) is 0 Å². The van der Waals surface area contributed by atoms with E-state index in [0.717, 1.165) is 22.3 Å². The number of aromatic amines is 1. The van der Waals surface area contributed by atoms with Crippen LogP contribution in [0.25, 0.3) is 10.9 Å². The molecule has 1 aromatic heterocycles. The van der Waals surface area contributed by atoms with Crippen LogP contribution >= 0.6 is 0 Å². The smallest absolute Gasteiger partial charge is 0.117 e. The highest BCUT2D eigenvalue weighted by Crippen LogP contribution is 2.23. The number of rotatable bonds is 2. The van der Waals surface area contributed by atoms with Crippen LogP contribution in [-0.2, 0) is 0 Å². The molecule has 0 aliphatic rings. The quantitative estimate of drug-likeness (QED) is 0.622. The summed E-state index contributed by atoms with van der Waals surface area (Å²) in [6.45, 7) is 0. The van der Waals surface area contributed by atoms with Gasteiger partial charge < -0.3 is 15.4 Å². The van der Waals surface area contributed by atoms with Crippen molar-refractivity contribution in [2.45, 2.75) is 0 Å². The number of anilines is 2. The molecule has 84 valence electrons. The highest BCUT2D eigenvalue weighted by molar-refractivity contribution is 5.84. The summed E-state index contributed by atoms with van der Waals surface area (Å²) in [6, 6.07) is 15.2. The van der Waals surface area contributed by atoms with Crippen LogP contribution in [0.1, 0.15) is 0 Å². The first kappa shape index (κ1) is 9.78. The lowest BCUT2D eigenvalue weighted by Crippen LogP contribution is -1.89. The van der Waals surface area contributed by atoms with Crippen molar-refractivity contribution in [3.05, 3.63) is 54.7 Å². The minimum Gasteiger partial charge on any atom is -0.508 e. The highest BCUT2D eigenvalue weighted by atomic mass is 16.3. The van der Waals surface area contributed by atoms with Gasteiger partial charge in [-0.1, -0.05) is 6.07 Å². The van der Waals surface area contributed by atoms with Crippen LogP contribution < -0.4 is 5.32 Å². The van der Waals surface area contributed by atoms with Gasteiger partial charge in [0.15, 0.2) is 0 Å². The molecule has 3 N–H and O–H groups in total. The van der Waals surface area contributed by atoms with Gasteiger partial charge in [0.05, 0.1) is 0 Å². The van der Waals surface area contributed by atoms with Gasteiger partial charge in [0.1, 0.15) is 5.75 Å². The Balaban J connectivity index is 1.94. The van der Waals surface area contributed by atoms with Crippen LogP contribution in [0.3, 0.4) is 0 Å². The van der Waals surface area contributed by atoms with Gasteiger partial charge in [-0.05, 0) is 36.4 Å². The molecule has 3 aromatic rings. The Bertz CT molecular complexity index is 658. The molecular weight excluding hydrogens is 212 g/mol. The Hall–Kier alpha value is -2.42. The highest BCUT2D eigenvalue weighted by Gasteiger charge is 1.98. The number of aromatic hydroxyl groups is 1. The van der Waals surface area contributed by atoms with E-state index in [2.05, 4.69) is 16.4 Å². The monoisotopic (exact) mass is 224 g/mol. The third kappa shape index (κ3) is 1.95. The van der Waals surface area contributed by atoms with Crippen molar-refractivity contribution < 1.29 is 5.11 Å². The first-order chi connectivity index (χ1) is 8.31. The van der Waals surface area contributed by atoms with E-state index in [1.54, 1.807) is 12.1 Å². The number of aromatic nitrogens is 1. The molecule has 0 saturated carbocycles. The molecule has 17 heavy (non-hydrogen) atoms. The van der Waals surface area contributed by atoms with E-state index in [1.807, 2.05) is 36.5 Å². The zero-order chi connectivity index (χ0) is 11.7. The van der Waals surface area contributed by atoms with Crippen molar-refractivity contribution in [3.8, 4) is 5.75 Å². The minimum absolute atomic E-state index is 0.262. The number of hydrogen-bond acceptors (Lipinski definition) is 2. The van der Waals surface area contributed by atoms with Gasteiger partial charge in [0.2, 0.25) is 0 Å². The Morgan fingerprint density at radius 1 is 0.941 bits per heavy atom. The molecule has 0 unspecified atom stereocenters. The standard InChI is InChI=1S/C14H12N2O/c17-13-3-1-2-11(9-13)16-12-4-5-14-10(8-12)6-7-15-14/h1-9,15-17H. The summed E-state index contributed by atoms with van der Waals surface area (Å²) in [5.74, 6) is 0.262. The summed E-state index contributed by atoms with van der Waals surface area (Å²) in [7, 11) is 0. The molecule has 3 rings (SSSR count). The van der Waals surface area contributed by atoms with Gasteiger partial charge in [-0.15, -0.1) is 0 Å². The normalized spacial score (nSPS) is 10.6. The average molecular weight is 224 g/mol. The minimum atomic E-state index is 0.262. The van der Waals surface area contributed by atoms with E-state index in [0.29, 0.717) is 0 Å². The van der Waals surface area contributed by atoms with Gasteiger partial charge in [-0.2, -0.15) is 0 Å². The third-order valence-electron chi connectivity index (χ3n) is 2.69. The van der Waals surface area contributed by atoms with E-state index >= 15 is 0 Å². The number of phenols is 1. The zero-order valence-electron chi connectivity index (χ0n) is 9.14. The second-order valence-corrected chi connectivity index (χ2v) is 3.96. The zero-order valence-corrected chi connectivity index (χ0v) is 9.14. The molecule has 0 fully saturated rings. The van der Waals surface area contributed by atoms with Crippen molar-refractivity contribution in [3.63, 3.8) is 0 Å². The lowest BCUT2D eigenvalue weighted by molar-refractivity contribution is 0.475. The number of H-pyrrole nitrogens is 1. The van der Waals surface area contributed by atoms with E-state index in [1.165, 1.54) is 0 Å². The summed E-state index contributed by atoms with van der Waals surface area (Å²) in [5, 5.41) is 13.8. The Labute approximate surface area is 98.7 Å². The third-order valence-corrected chi connectivity index (χ3v) is 2.69. The topological polar surface area (TPSA) is 48.0 Å². The van der Waals surface area contributed by atoms with Gasteiger partial charge in [0, 0.05) is 34.5 Å². The predicted octanol–water partition coefficient (Wildman–Crippen LogP) is 3.62. The SMILES string of the molecule is Oc1cccc(Nc2ccc3[nH]ccc3c2)c1. The number of nitrogens with one attached hydrogen (secondary N) is 2. The van der Waals surface area contributed by atoms with E-state index in [-0.39, 0.29) is 5.75 Å². The Morgan fingerprint density at radius 3 is 2.71 bits per heavy atom. The molecule has 0 spiro atoms. The summed E-state index contributed by atoms with van der Waals surface area (Å²) in [5.41, 5.74) is 2.99. The molecule has 3 nitrogen and oxygen atoms in total. The largest absolute Gasteiger partial charge is 0.508 e. The number of phenolic OH excluding ortho intramolecular Hbond substituents is 1. The summed E-state index contributed by atoms with van der Waals surface area (Å²) in [4.78, 5) is 3.15. The van der Waals surface area contributed by atoms with Crippen LogP contribution in [0.5, 0.6) is 5.75 Å². The molecule has 0 atom stereocenters. The summed E-state index contributed by atoms with van der Waals surface area (Å²) in [6.07, 6.45) is 1.92. The fraction of sp³-hybridized carbons (Fsp3) is 0. The lowest BCUT2D eigenvalue weighted by atomic mass is 10.2. The fourth-order valence-electron chi connectivity index (χ4n) is 1.88. The van der Waals surface area contributed by atoms with Crippen LogP contribution in [0, 0.1) is 0 Å². The molecule has 1 heterocycles. The molecular formula is C14H12N2O. The second-order valence-electron chi connectivity index (χ2n) is 3.96. The fourth-order valence-corrected chi connectivity index (χ4v) is 1.88. The van der Waals surface area contributed by atoms with Crippen molar-refractivity contribution in [1.29, 1.82) is 0 Å². The lowest BCUT2D eigenvalue weighted by Gasteiger charge is -2.06. The summed E-state index contributed by atoms with van der Waals surface area (Å²) < 4.78 is 0.